The van der Waals surface area contributed by atoms with Gasteiger partial charge in [-0.15, -0.1) is 0 Å². The summed E-state index contributed by atoms with van der Waals surface area (Å²) in [7, 11) is 0. The maximum absolute atomic E-state index is 5.75. The predicted octanol–water partition coefficient (Wildman–Crippen LogP) is 4.06. The molecule has 0 N–H and O–H groups in total. The van der Waals surface area contributed by atoms with Crippen LogP contribution >= 0.6 is 34.8 Å². The normalized spacial score (nSPS) is 11.9. The average molecular weight is 247 g/mol. The molecule has 1 heterocycles. The molecule has 0 radical (unpaired) electrons. The second-order valence-corrected chi connectivity index (χ2v) is 5.20. The fraction of sp³-hybridized carbons (Fsp3) is 0.100. The highest BCUT2D eigenvalue weighted by Gasteiger charge is 2.23. The van der Waals surface area contributed by atoms with Gasteiger partial charge in [0.15, 0.2) is 0 Å². The maximum atomic E-state index is 5.75. The van der Waals surface area contributed by atoms with Gasteiger partial charge >= 0.3 is 0 Å². The smallest absolute Gasteiger partial charge is 0.217 e. The third-order valence-corrected chi connectivity index (χ3v) is 2.57. The summed E-state index contributed by atoms with van der Waals surface area (Å²) in [6.07, 6.45) is 1.58. The minimum atomic E-state index is -1.41. The number of halogens is 3. The zero-order valence-electron chi connectivity index (χ0n) is 7.05. The fourth-order valence-corrected chi connectivity index (χ4v) is 1.54. The zero-order chi connectivity index (χ0) is 10.2. The van der Waals surface area contributed by atoms with Gasteiger partial charge in [0.25, 0.3) is 0 Å². The summed E-state index contributed by atoms with van der Waals surface area (Å²) in [5.74, 6) is 0. The van der Waals surface area contributed by atoms with Crippen molar-refractivity contribution in [2.45, 2.75) is 3.79 Å². The van der Waals surface area contributed by atoms with Gasteiger partial charge in [0.2, 0.25) is 3.79 Å². The quantitative estimate of drug-likeness (QED) is 0.639. The molecule has 0 fully saturated rings. The summed E-state index contributed by atoms with van der Waals surface area (Å²) in [4.78, 5) is 4.19. The third kappa shape index (κ3) is 1.95. The van der Waals surface area contributed by atoms with Gasteiger partial charge in [-0.05, 0) is 12.1 Å². The summed E-state index contributed by atoms with van der Waals surface area (Å²) >= 11 is 17.2. The van der Waals surface area contributed by atoms with Crippen LogP contribution in [0.2, 0.25) is 0 Å². The van der Waals surface area contributed by atoms with Gasteiger partial charge in [-0.2, -0.15) is 0 Å². The number of hydrogen-bond donors (Lipinski definition) is 0. The Morgan fingerprint density at radius 3 is 2.50 bits per heavy atom. The fourth-order valence-electron chi connectivity index (χ4n) is 1.23. The van der Waals surface area contributed by atoms with Crippen molar-refractivity contribution < 1.29 is 0 Å². The van der Waals surface area contributed by atoms with E-state index in [2.05, 4.69) is 4.98 Å². The van der Waals surface area contributed by atoms with Gasteiger partial charge in [-0.3, -0.25) is 4.98 Å². The molecule has 0 spiro atoms. The second-order valence-electron chi connectivity index (χ2n) is 2.91. The van der Waals surface area contributed by atoms with Crippen LogP contribution in [0.3, 0.4) is 0 Å². The molecular formula is C10H6Cl3N. The molecule has 0 unspecified atom stereocenters. The Hall–Kier alpha value is -0.500. The lowest BCUT2D eigenvalue weighted by molar-refractivity contribution is 1.20. The topological polar surface area (TPSA) is 12.9 Å². The Kier molecular flexibility index (Phi) is 2.56. The second kappa shape index (κ2) is 3.58. The average Bonchev–Trinajstić information content (AvgIpc) is 2.16. The monoisotopic (exact) mass is 245 g/mol. The number of benzene rings is 1. The Morgan fingerprint density at radius 2 is 1.79 bits per heavy atom. The number of para-hydroxylation sites is 1. The Bertz CT molecular complexity index is 462. The van der Waals surface area contributed by atoms with Crippen LogP contribution in [0, 0.1) is 0 Å². The van der Waals surface area contributed by atoms with Crippen molar-refractivity contribution in [2.75, 3.05) is 0 Å². The Balaban J connectivity index is 2.63. The first kappa shape index (κ1) is 10.0. The van der Waals surface area contributed by atoms with Gasteiger partial charge in [-0.25, -0.2) is 0 Å². The molecule has 1 aromatic heterocycles. The SMILES string of the molecule is ClC(Cl)(Cl)c1cnc2ccccc2c1. The molecule has 4 heteroatoms. The van der Waals surface area contributed by atoms with Crippen molar-refractivity contribution in [1.82, 2.24) is 4.98 Å². The molecule has 0 aliphatic carbocycles. The van der Waals surface area contributed by atoms with Crippen LogP contribution in [0.25, 0.3) is 10.9 Å². The van der Waals surface area contributed by atoms with Crippen LogP contribution in [0.1, 0.15) is 5.56 Å². The van der Waals surface area contributed by atoms with E-state index < -0.39 is 3.79 Å². The van der Waals surface area contributed by atoms with Gasteiger partial charge in [-0.1, -0.05) is 53.0 Å². The van der Waals surface area contributed by atoms with Crippen molar-refractivity contribution in [3.63, 3.8) is 0 Å². The van der Waals surface area contributed by atoms with E-state index in [1.807, 2.05) is 30.3 Å². The van der Waals surface area contributed by atoms with Crippen LogP contribution in [-0.4, -0.2) is 4.98 Å². The molecule has 1 nitrogen and oxygen atoms in total. The molecule has 2 rings (SSSR count). The highest BCUT2D eigenvalue weighted by atomic mass is 35.6. The van der Waals surface area contributed by atoms with Crippen molar-refractivity contribution in [2.24, 2.45) is 0 Å². The molecule has 0 aliphatic heterocycles. The van der Waals surface area contributed by atoms with Crippen LogP contribution in [0.15, 0.2) is 36.5 Å². The minimum Gasteiger partial charge on any atom is -0.256 e. The van der Waals surface area contributed by atoms with Crippen LogP contribution in [-0.2, 0) is 3.79 Å². The van der Waals surface area contributed by atoms with Crippen molar-refractivity contribution in [3.05, 3.63) is 42.1 Å². The third-order valence-electron chi connectivity index (χ3n) is 1.92. The lowest BCUT2D eigenvalue weighted by atomic mass is 10.2. The molecule has 0 amide bonds. The number of hydrogen-bond acceptors (Lipinski definition) is 1. The molecule has 0 saturated heterocycles. The van der Waals surface area contributed by atoms with Gasteiger partial charge < -0.3 is 0 Å². The van der Waals surface area contributed by atoms with E-state index in [1.54, 1.807) is 6.20 Å². The number of aromatic nitrogens is 1. The first-order valence-electron chi connectivity index (χ1n) is 3.99. The van der Waals surface area contributed by atoms with E-state index in [0.717, 1.165) is 10.9 Å². The molecule has 0 aliphatic rings. The molecule has 72 valence electrons. The Labute approximate surface area is 96.6 Å². The standard InChI is InChI=1S/C10H6Cl3N/c11-10(12,13)8-5-7-3-1-2-4-9(7)14-6-8/h1-6H. The summed E-state index contributed by atoms with van der Waals surface area (Å²) in [5.41, 5.74) is 1.48. The number of nitrogens with zero attached hydrogens (tertiary/aromatic N) is 1. The highest BCUT2D eigenvalue weighted by Crippen LogP contribution is 2.38. The molecule has 14 heavy (non-hydrogen) atoms. The molecule has 0 saturated carbocycles. The number of alkyl halides is 3. The minimum absolute atomic E-state index is 0.584. The van der Waals surface area contributed by atoms with Crippen LogP contribution in [0.5, 0.6) is 0 Å². The van der Waals surface area contributed by atoms with Gasteiger partial charge in [0.1, 0.15) is 0 Å². The number of fused-ring (bicyclic) bond motifs is 1. The molecule has 0 atom stereocenters. The summed E-state index contributed by atoms with van der Waals surface area (Å²) in [6, 6.07) is 9.52. The molecule has 0 bridgehead atoms. The molecule has 1 aromatic carbocycles. The van der Waals surface area contributed by atoms with Gasteiger partial charge in [0.05, 0.1) is 5.52 Å². The van der Waals surface area contributed by atoms with E-state index in [-0.39, 0.29) is 0 Å². The van der Waals surface area contributed by atoms with E-state index >= 15 is 0 Å². The first-order valence-corrected chi connectivity index (χ1v) is 5.13. The van der Waals surface area contributed by atoms with Gasteiger partial charge in [0, 0.05) is 17.1 Å². The van der Waals surface area contributed by atoms with E-state index in [1.165, 1.54) is 0 Å². The number of pyridine rings is 1. The van der Waals surface area contributed by atoms with Crippen LogP contribution < -0.4 is 0 Å². The van der Waals surface area contributed by atoms with Crippen molar-refractivity contribution in [3.8, 4) is 0 Å². The zero-order valence-corrected chi connectivity index (χ0v) is 9.31. The summed E-state index contributed by atoms with van der Waals surface area (Å²) < 4.78 is -1.41. The first-order chi connectivity index (χ1) is 6.57. The molecule has 2 aromatic rings. The van der Waals surface area contributed by atoms with Crippen molar-refractivity contribution >= 4 is 45.7 Å². The van der Waals surface area contributed by atoms with E-state index in [0.29, 0.717) is 5.56 Å². The Morgan fingerprint density at radius 1 is 1.07 bits per heavy atom. The summed E-state index contributed by atoms with van der Waals surface area (Å²) in [5, 5.41) is 0.969. The van der Waals surface area contributed by atoms with Crippen molar-refractivity contribution in [1.29, 1.82) is 0 Å². The lowest BCUT2D eigenvalue weighted by Gasteiger charge is -2.10. The molecular weight excluding hydrogens is 240 g/mol. The highest BCUT2D eigenvalue weighted by molar-refractivity contribution is 6.66. The van der Waals surface area contributed by atoms with E-state index in [4.69, 9.17) is 34.8 Å². The summed E-state index contributed by atoms with van der Waals surface area (Å²) in [6.45, 7) is 0. The predicted molar refractivity (Wildman–Crippen MR) is 61.0 cm³/mol. The largest absolute Gasteiger partial charge is 0.256 e. The van der Waals surface area contributed by atoms with E-state index in [9.17, 15) is 0 Å². The van der Waals surface area contributed by atoms with Crippen LogP contribution in [0.4, 0.5) is 0 Å². The number of rotatable bonds is 0. The maximum Gasteiger partial charge on any atom is 0.217 e. The lowest BCUT2D eigenvalue weighted by Crippen LogP contribution is -2.00.